The molecule has 0 saturated carbocycles. The summed E-state index contributed by atoms with van der Waals surface area (Å²) >= 11 is 0. The average molecular weight is 360 g/mol. The van der Waals surface area contributed by atoms with Gasteiger partial charge in [0.2, 0.25) is 0 Å². The van der Waals surface area contributed by atoms with Crippen molar-refractivity contribution in [3.8, 4) is 0 Å². The van der Waals surface area contributed by atoms with Crippen LogP contribution in [0.3, 0.4) is 0 Å². The van der Waals surface area contributed by atoms with Gasteiger partial charge in [0.1, 0.15) is 0 Å². The molecule has 102 valence electrons. The number of hydrogen-bond acceptors (Lipinski definition) is 0. The molecule has 0 radical (unpaired) electrons. The summed E-state index contributed by atoms with van der Waals surface area (Å²) in [5, 5.41) is 4.48. The minimum Gasteiger partial charge on any atom is -0.0805 e. The molecular formula is C18H21PZr. The molecule has 2 heteroatoms. The second-order valence-electron chi connectivity index (χ2n) is 4.46. The van der Waals surface area contributed by atoms with E-state index in [1.807, 2.05) is 0 Å². The minimum absolute atomic E-state index is 0. The van der Waals surface area contributed by atoms with E-state index < -0.39 is 0 Å². The van der Waals surface area contributed by atoms with E-state index in [-0.39, 0.29) is 34.1 Å². The summed E-state index contributed by atoms with van der Waals surface area (Å²) in [6.07, 6.45) is 4.65. The molecular weight excluding hydrogens is 338 g/mol. The smallest absolute Gasteiger partial charge is 0 e. The van der Waals surface area contributed by atoms with Crippen molar-refractivity contribution in [2.24, 2.45) is 0 Å². The van der Waals surface area contributed by atoms with Gasteiger partial charge < -0.3 is 0 Å². The Bertz CT molecular complexity index is 480. The molecule has 0 nitrogen and oxygen atoms in total. The first-order valence-electron chi connectivity index (χ1n) is 6.96. The van der Waals surface area contributed by atoms with E-state index in [0.29, 0.717) is 0 Å². The molecule has 0 aliphatic rings. The Balaban J connectivity index is 0.00000200. The largest absolute Gasteiger partial charge is 0.0805 e. The Kier molecular flexibility index (Phi) is 8.27. The van der Waals surface area contributed by atoms with Crippen LogP contribution in [0.25, 0.3) is 0 Å². The van der Waals surface area contributed by atoms with Gasteiger partial charge in [-0.1, -0.05) is 80.6 Å². The summed E-state index contributed by atoms with van der Waals surface area (Å²) in [7, 11) is -0.359. The van der Waals surface area contributed by atoms with E-state index in [2.05, 4.69) is 80.6 Å². The third-order valence-corrected chi connectivity index (χ3v) is 5.82. The van der Waals surface area contributed by atoms with Gasteiger partial charge in [-0.3, -0.25) is 0 Å². The first kappa shape index (κ1) is 17.5. The van der Waals surface area contributed by atoms with E-state index in [9.17, 15) is 0 Å². The first-order chi connectivity index (χ1) is 9.36. The van der Waals surface area contributed by atoms with E-state index in [1.165, 1.54) is 10.6 Å². The van der Waals surface area contributed by atoms with Gasteiger partial charge in [0, 0.05) is 26.2 Å². The van der Waals surface area contributed by atoms with Crippen molar-refractivity contribution in [2.75, 3.05) is 0 Å². The molecule has 0 heterocycles. The van der Waals surface area contributed by atoms with Crippen LogP contribution in [0.4, 0.5) is 0 Å². The maximum atomic E-state index is 2.41. The van der Waals surface area contributed by atoms with Crippen LogP contribution < -0.4 is 10.6 Å². The molecule has 0 unspecified atom stereocenters. The van der Waals surface area contributed by atoms with Crippen LogP contribution >= 0.6 is 7.92 Å². The molecule has 0 spiro atoms. The van der Waals surface area contributed by atoms with E-state index in [1.54, 1.807) is 5.31 Å². The first-order valence-corrected chi connectivity index (χ1v) is 8.30. The molecule has 0 aliphatic heterocycles. The molecule has 0 aliphatic carbocycles. The Morgan fingerprint density at radius 2 is 1.30 bits per heavy atom. The number of hydrogen-bond donors (Lipinski definition) is 0. The van der Waals surface area contributed by atoms with Crippen molar-refractivity contribution in [2.45, 2.75) is 26.7 Å². The zero-order valence-electron chi connectivity index (χ0n) is 12.2. The molecule has 20 heavy (non-hydrogen) atoms. The SMILES string of the molecule is CCC=C(CC)P(c1ccccc1)c1ccccc1.[Zr]. The van der Waals surface area contributed by atoms with E-state index in [0.717, 1.165) is 12.8 Å². The zero-order chi connectivity index (χ0) is 13.5. The van der Waals surface area contributed by atoms with Crippen LogP contribution in [0, 0.1) is 0 Å². The van der Waals surface area contributed by atoms with E-state index >= 15 is 0 Å². The molecule has 0 bridgehead atoms. The number of benzene rings is 2. The summed E-state index contributed by atoms with van der Waals surface area (Å²) < 4.78 is 0. The maximum absolute atomic E-state index is 2.41. The van der Waals surface area contributed by atoms with Crippen LogP contribution in [0.1, 0.15) is 26.7 Å². The van der Waals surface area contributed by atoms with Crippen molar-refractivity contribution in [3.05, 3.63) is 72.1 Å². The fraction of sp³-hybridized carbons (Fsp3) is 0.222. The third-order valence-electron chi connectivity index (χ3n) is 3.12. The van der Waals surface area contributed by atoms with Crippen molar-refractivity contribution in [1.29, 1.82) is 0 Å². The maximum Gasteiger partial charge on any atom is 0 e. The normalized spacial score (nSPS) is 11.2. The molecule has 2 rings (SSSR count). The zero-order valence-corrected chi connectivity index (χ0v) is 15.6. The van der Waals surface area contributed by atoms with Gasteiger partial charge in [-0.25, -0.2) is 0 Å². The summed E-state index contributed by atoms with van der Waals surface area (Å²) in [6, 6.07) is 21.8. The third kappa shape index (κ3) is 4.51. The van der Waals surface area contributed by atoms with Crippen LogP contribution in [0.2, 0.25) is 0 Å². The molecule has 2 aromatic rings. The molecule has 0 atom stereocenters. The van der Waals surface area contributed by atoms with E-state index in [4.69, 9.17) is 0 Å². The van der Waals surface area contributed by atoms with Gasteiger partial charge in [0.15, 0.2) is 0 Å². The monoisotopic (exact) mass is 358 g/mol. The van der Waals surface area contributed by atoms with Gasteiger partial charge >= 0.3 is 0 Å². The van der Waals surface area contributed by atoms with Crippen LogP contribution in [-0.4, -0.2) is 0 Å². The topological polar surface area (TPSA) is 0 Å². The Hall–Kier alpha value is -0.507. The Morgan fingerprint density at radius 1 is 0.850 bits per heavy atom. The van der Waals surface area contributed by atoms with Gasteiger partial charge in [-0.05, 0) is 36.7 Å². The molecule has 0 aromatic heterocycles. The van der Waals surface area contributed by atoms with Crippen molar-refractivity contribution in [1.82, 2.24) is 0 Å². The van der Waals surface area contributed by atoms with Crippen molar-refractivity contribution < 1.29 is 26.2 Å². The van der Waals surface area contributed by atoms with Gasteiger partial charge in [0.05, 0.1) is 0 Å². The molecule has 0 amide bonds. The van der Waals surface area contributed by atoms with Gasteiger partial charge in [0.25, 0.3) is 0 Å². The van der Waals surface area contributed by atoms with Crippen LogP contribution in [0.15, 0.2) is 72.1 Å². The molecule has 0 saturated heterocycles. The standard InChI is InChI=1S/C18H21P.Zr/c1-3-11-16(4-2)19(17-12-7-5-8-13-17)18-14-9-6-10-15-18;/h5-15H,3-4H2,1-2H3;. The summed E-state index contributed by atoms with van der Waals surface area (Å²) in [5.41, 5.74) is 0. The Morgan fingerprint density at radius 3 is 1.65 bits per heavy atom. The predicted octanol–water partition coefficient (Wildman–Crippen LogP) is 4.82. The quantitative estimate of drug-likeness (QED) is 0.671. The second-order valence-corrected chi connectivity index (χ2v) is 6.74. The Labute approximate surface area is 143 Å². The van der Waals surface area contributed by atoms with Gasteiger partial charge in [-0.15, -0.1) is 0 Å². The van der Waals surface area contributed by atoms with Crippen LogP contribution in [0.5, 0.6) is 0 Å². The van der Waals surface area contributed by atoms with Crippen molar-refractivity contribution >= 4 is 18.5 Å². The fourth-order valence-electron chi connectivity index (χ4n) is 2.26. The average Bonchev–Trinajstić information content (AvgIpc) is 2.49. The molecule has 0 N–H and O–H groups in total. The van der Waals surface area contributed by atoms with Gasteiger partial charge in [-0.2, -0.15) is 0 Å². The predicted molar refractivity (Wildman–Crippen MR) is 87.7 cm³/mol. The summed E-state index contributed by atoms with van der Waals surface area (Å²) in [6.45, 7) is 4.49. The fourth-order valence-corrected chi connectivity index (χ4v) is 4.85. The minimum atomic E-state index is -0.359. The summed E-state index contributed by atoms with van der Waals surface area (Å²) in [4.78, 5) is 0. The molecule has 0 fully saturated rings. The van der Waals surface area contributed by atoms with Crippen molar-refractivity contribution in [3.63, 3.8) is 0 Å². The second kappa shape index (κ2) is 9.43. The number of allylic oxidation sites excluding steroid dienone is 2. The summed E-state index contributed by atoms with van der Waals surface area (Å²) in [5.74, 6) is 0. The van der Waals surface area contributed by atoms with Crippen LogP contribution in [-0.2, 0) is 26.2 Å². The number of rotatable bonds is 5. The molecule has 2 aromatic carbocycles.